The molecule has 0 atom stereocenters. The molecule has 45 heavy (non-hydrogen) atoms. The van der Waals surface area contributed by atoms with Crippen molar-refractivity contribution >= 4 is 69.8 Å². The van der Waals surface area contributed by atoms with Crippen LogP contribution < -0.4 is 32.3 Å². The van der Waals surface area contributed by atoms with Crippen molar-refractivity contribution in [3.63, 3.8) is 0 Å². The van der Waals surface area contributed by atoms with Crippen molar-refractivity contribution in [1.82, 2.24) is 41.3 Å². The van der Waals surface area contributed by atoms with Crippen molar-refractivity contribution in [2.24, 2.45) is 5.73 Å². The van der Waals surface area contributed by atoms with Gasteiger partial charge in [-0.2, -0.15) is 0 Å². The highest BCUT2D eigenvalue weighted by Crippen LogP contribution is 2.19. The highest BCUT2D eigenvalue weighted by atomic mass is 32.1. The molecule has 15 nitrogen and oxygen atoms in total. The van der Waals surface area contributed by atoms with E-state index in [4.69, 9.17) is 38.2 Å². The van der Waals surface area contributed by atoms with Crippen LogP contribution in [0.4, 0.5) is 0 Å². The van der Waals surface area contributed by atoms with E-state index in [-0.39, 0.29) is 35.8 Å². The van der Waals surface area contributed by atoms with Gasteiger partial charge in [0.25, 0.3) is 0 Å². The molecule has 0 unspecified atom stereocenters. The summed E-state index contributed by atoms with van der Waals surface area (Å²) in [5.74, 6) is 0.171. The Balaban J connectivity index is 1.34. The van der Waals surface area contributed by atoms with Crippen LogP contribution in [0, 0.1) is 39.4 Å². The quantitative estimate of drug-likeness (QED) is 0.112. The fourth-order valence-electron chi connectivity index (χ4n) is 3.73. The lowest BCUT2D eigenvalue weighted by molar-refractivity contribution is 0.444. The molecule has 0 radical (unpaired) electrons. The van der Waals surface area contributed by atoms with Gasteiger partial charge in [-0.3, -0.25) is 47.6 Å². The zero-order valence-electron chi connectivity index (χ0n) is 25.6. The number of hydrogen-bond donors (Lipinski definition) is 12. The molecule has 0 aromatic carbocycles. The smallest absolute Gasteiger partial charge is 0.200 e. The zero-order valence-corrected chi connectivity index (χ0v) is 28.1. The Morgan fingerprint density at radius 1 is 0.622 bits per heavy atom. The first kappa shape index (κ1) is 34.8. The lowest BCUT2D eigenvalue weighted by atomic mass is 10.4. The third kappa shape index (κ3) is 11.1. The largest absolute Gasteiger partial charge is 0.370 e. The maximum absolute atomic E-state index is 8.36. The summed E-state index contributed by atoms with van der Waals surface area (Å²) in [6.45, 7) is 4.33. The van der Waals surface area contributed by atoms with Gasteiger partial charge in [-0.25, -0.2) is 0 Å². The van der Waals surface area contributed by atoms with Crippen molar-refractivity contribution in [3.8, 4) is 0 Å². The van der Waals surface area contributed by atoms with Crippen molar-refractivity contribution in [1.29, 1.82) is 32.5 Å². The number of rotatable bonds is 10. The summed E-state index contributed by atoms with van der Waals surface area (Å²) in [6.07, 6.45) is 0. The molecule has 0 saturated heterocycles. The maximum Gasteiger partial charge on any atom is 0.200 e. The Kier molecular flexibility index (Phi) is 12.7. The minimum atomic E-state index is -0.197. The molecule has 13 N–H and O–H groups in total. The molecular weight excluding hydrogens is 631 g/mol. The number of guanidine groups is 6. The van der Waals surface area contributed by atoms with Gasteiger partial charge in [-0.1, -0.05) is 0 Å². The molecule has 0 saturated carbocycles. The van der Waals surface area contributed by atoms with Crippen LogP contribution in [0.15, 0.2) is 36.4 Å². The molecule has 0 spiro atoms. The standard InChI is InChI=1S/C27H41N15S3/c1-16-5-6-17(43-16)11-35-23(30)39-24(31)36-12-18-7-8-19(44-18)13-37-25(32)42(4)26(33)38-14-20-9-10-21(45-20)15-40(2)27(34)41(3)22(28)29/h5-10,34H,11-15H2,1-4H3,(H3,28,29)(H2,32,37)(H2,33,38)(H5,30,31,35,36,39). The van der Waals surface area contributed by atoms with Crippen LogP contribution in [0.3, 0.4) is 0 Å². The monoisotopic (exact) mass is 671 g/mol. The molecule has 0 bridgehead atoms. The third-order valence-electron chi connectivity index (χ3n) is 6.32. The van der Waals surface area contributed by atoms with Gasteiger partial charge in [0.15, 0.2) is 35.8 Å². The van der Waals surface area contributed by atoms with Crippen LogP contribution in [-0.2, 0) is 32.7 Å². The van der Waals surface area contributed by atoms with E-state index >= 15 is 0 Å². The van der Waals surface area contributed by atoms with Crippen LogP contribution in [-0.4, -0.2) is 71.6 Å². The third-order valence-corrected chi connectivity index (χ3v) is 9.48. The summed E-state index contributed by atoms with van der Waals surface area (Å²) in [7, 11) is 4.99. The van der Waals surface area contributed by atoms with Crippen molar-refractivity contribution in [3.05, 3.63) is 65.7 Å². The van der Waals surface area contributed by atoms with E-state index < -0.39 is 0 Å². The summed E-state index contributed by atoms with van der Waals surface area (Å²) in [5.41, 5.74) is 5.46. The van der Waals surface area contributed by atoms with Crippen molar-refractivity contribution in [2.75, 3.05) is 21.1 Å². The van der Waals surface area contributed by atoms with Crippen LogP contribution in [0.5, 0.6) is 0 Å². The summed E-state index contributed by atoms with van der Waals surface area (Å²) in [5, 5.41) is 63.1. The van der Waals surface area contributed by atoms with Gasteiger partial charge in [0, 0.05) is 50.4 Å². The predicted molar refractivity (Wildman–Crippen MR) is 186 cm³/mol. The number of nitrogens with two attached hydrogens (primary N) is 1. The van der Waals surface area contributed by atoms with Crippen LogP contribution in [0.2, 0.25) is 0 Å². The van der Waals surface area contributed by atoms with Crippen LogP contribution in [0.1, 0.15) is 29.3 Å². The highest BCUT2D eigenvalue weighted by Gasteiger charge is 2.15. The van der Waals surface area contributed by atoms with E-state index in [1.165, 1.54) is 14.7 Å². The van der Waals surface area contributed by atoms with E-state index in [2.05, 4.69) is 26.6 Å². The summed E-state index contributed by atoms with van der Waals surface area (Å²) < 4.78 is 0. The van der Waals surface area contributed by atoms with E-state index in [1.807, 2.05) is 43.3 Å². The van der Waals surface area contributed by atoms with Gasteiger partial charge < -0.3 is 31.9 Å². The van der Waals surface area contributed by atoms with Crippen LogP contribution in [0.25, 0.3) is 0 Å². The average molecular weight is 672 g/mol. The van der Waals surface area contributed by atoms with Gasteiger partial charge in [0.1, 0.15) is 0 Å². The molecule has 3 rings (SSSR count). The SMILES string of the molecule is Cc1ccc(CNC(=N)NC(=N)NCc2ccc(CNC(=N)N(C)C(=N)NCc3ccc(CN(C)C(=N)N(C)C(=N)N)s3)s2)s1. The van der Waals surface area contributed by atoms with E-state index in [0.717, 1.165) is 24.4 Å². The molecule has 3 heterocycles. The Morgan fingerprint density at radius 2 is 1.04 bits per heavy atom. The highest BCUT2D eigenvalue weighted by molar-refractivity contribution is 7.12. The van der Waals surface area contributed by atoms with E-state index in [1.54, 1.807) is 60.1 Å². The second kappa shape index (κ2) is 16.4. The Hall–Kier alpha value is -4.68. The summed E-state index contributed by atoms with van der Waals surface area (Å²) in [6, 6.07) is 11.9. The molecule has 0 aliphatic heterocycles. The minimum Gasteiger partial charge on any atom is -0.370 e. The van der Waals surface area contributed by atoms with Crippen LogP contribution >= 0.6 is 34.0 Å². The van der Waals surface area contributed by atoms with E-state index in [9.17, 15) is 0 Å². The number of nitrogens with zero attached hydrogens (tertiary/aromatic N) is 3. The summed E-state index contributed by atoms with van der Waals surface area (Å²) >= 11 is 4.77. The maximum atomic E-state index is 8.36. The Bertz CT molecular complexity index is 1520. The lowest BCUT2D eigenvalue weighted by Gasteiger charge is -2.26. The first-order valence-electron chi connectivity index (χ1n) is 13.7. The van der Waals surface area contributed by atoms with Gasteiger partial charge in [0.05, 0.1) is 32.7 Å². The first-order chi connectivity index (χ1) is 21.3. The summed E-state index contributed by atoms with van der Waals surface area (Å²) in [4.78, 5) is 10.8. The second-order valence-electron chi connectivity index (χ2n) is 9.92. The van der Waals surface area contributed by atoms with Gasteiger partial charge in [0.2, 0.25) is 0 Å². The molecule has 0 fully saturated rings. The Labute approximate surface area is 274 Å². The average Bonchev–Trinajstić information content (AvgIpc) is 3.76. The van der Waals surface area contributed by atoms with Gasteiger partial charge >= 0.3 is 0 Å². The minimum absolute atomic E-state index is 0.0291. The number of thiophene rings is 3. The fraction of sp³-hybridized carbons (Fsp3) is 0.333. The molecule has 18 heteroatoms. The zero-order chi connectivity index (χ0) is 33.1. The topological polar surface area (TPSA) is 239 Å². The molecule has 0 aliphatic rings. The molecule has 3 aromatic heterocycles. The molecule has 0 amide bonds. The van der Waals surface area contributed by atoms with Crippen molar-refractivity contribution < 1.29 is 0 Å². The first-order valence-corrected chi connectivity index (χ1v) is 16.2. The molecule has 3 aromatic rings. The number of nitrogens with one attached hydrogen (secondary N) is 11. The normalized spacial score (nSPS) is 10.4. The number of hydrogen-bond acceptors (Lipinski definition) is 9. The lowest BCUT2D eigenvalue weighted by Crippen LogP contribution is -2.46. The van der Waals surface area contributed by atoms with Gasteiger partial charge in [-0.15, -0.1) is 34.0 Å². The Morgan fingerprint density at radius 3 is 1.51 bits per heavy atom. The number of aryl methyl sites for hydroxylation is 1. The van der Waals surface area contributed by atoms with Crippen molar-refractivity contribution in [2.45, 2.75) is 39.6 Å². The predicted octanol–water partition coefficient (Wildman–Crippen LogP) is 2.39. The fourth-order valence-corrected chi connectivity index (χ4v) is 6.47. The van der Waals surface area contributed by atoms with Gasteiger partial charge in [-0.05, 0) is 43.3 Å². The molecule has 242 valence electrons. The molecular formula is C27H41N15S3. The van der Waals surface area contributed by atoms with E-state index in [0.29, 0.717) is 32.7 Å². The molecule has 0 aliphatic carbocycles. The second-order valence-corrected chi connectivity index (χ2v) is 13.8.